The van der Waals surface area contributed by atoms with Crippen molar-refractivity contribution in [1.29, 1.82) is 0 Å². The van der Waals surface area contributed by atoms with E-state index in [-0.39, 0.29) is 5.56 Å². The fourth-order valence-corrected chi connectivity index (χ4v) is 1.27. The second-order valence-electron chi connectivity index (χ2n) is 3.12. The zero-order valence-electron chi connectivity index (χ0n) is 7.50. The van der Waals surface area contributed by atoms with E-state index in [4.69, 9.17) is 17.3 Å². The fourth-order valence-electron chi connectivity index (χ4n) is 0.994. The molecule has 0 aliphatic heterocycles. The van der Waals surface area contributed by atoms with Gasteiger partial charge in [0, 0.05) is 5.69 Å². The summed E-state index contributed by atoms with van der Waals surface area (Å²) in [4.78, 5) is 13.5. The average molecular weight is 197 g/mol. The second-order valence-corrected chi connectivity index (χ2v) is 3.52. The van der Waals surface area contributed by atoms with Gasteiger partial charge in [-0.3, -0.25) is 0 Å². The standard InChI is InChI=1S/C9H11NO2S/c1-5(2)7-4-3-6(9(11)12)8(13)10-7/h3-5H,1-2H3,(H,10,13)(H,11,12). The van der Waals surface area contributed by atoms with Crippen LogP contribution in [0.2, 0.25) is 0 Å². The van der Waals surface area contributed by atoms with Crippen LogP contribution in [0.15, 0.2) is 12.1 Å². The monoisotopic (exact) mass is 197 g/mol. The zero-order chi connectivity index (χ0) is 10.0. The third kappa shape index (κ3) is 2.15. The first-order valence-electron chi connectivity index (χ1n) is 3.99. The maximum Gasteiger partial charge on any atom is 0.338 e. The van der Waals surface area contributed by atoms with Crippen LogP contribution in [0.25, 0.3) is 0 Å². The Bertz CT molecular complexity index is 381. The topological polar surface area (TPSA) is 53.1 Å². The van der Waals surface area contributed by atoms with Gasteiger partial charge in [0.15, 0.2) is 0 Å². The molecule has 70 valence electrons. The summed E-state index contributed by atoms with van der Waals surface area (Å²) in [6.45, 7) is 4.03. The van der Waals surface area contributed by atoms with Crippen LogP contribution in [-0.2, 0) is 0 Å². The summed E-state index contributed by atoms with van der Waals surface area (Å²) in [5, 5.41) is 8.71. The second kappa shape index (κ2) is 3.70. The van der Waals surface area contributed by atoms with Crippen LogP contribution in [-0.4, -0.2) is 16.1 Å². The van der Waals surface area contributed by atoms with Crippen molar-refractivity contribution in [3.05, 3.63) is 28.0 Å². The molecule has 0 spiro atoms. The first-order valence-corrected chi connectivity index (χ1v) is 4.39. The van der Waals surface area contributed by atoms with Gasteiger partial charge in [-0.25, -0.2) is 4.79 Å². The molecule has 1 rings (SSSR count). The van der Waals surface area contributed by atoms with E-state index in [0.717, 1.165) is 5.69 Å². The molecular weight excluding hydrogens is 186 g/mol. The summed E-state index contributed by atoms with van der Waals surface area (Å²) in [7, 11) is 0. The van der Waals surface area contributed by atoms with Crippen molar-refractivity contribution in [2.75, 3.05) is 0 Å². The lowest BCUT2D eigenvalue weighted by atomic mass is 10.1. The van der Waals surface area contributed by atoms with Gasteiger partial charge in [0.25, 0.3) is 0 Å². The summed E-state index contributed by atoms with van der Waals surface area (Å²) >= 11 is 4.90. The van der Waals surface area contributed by atoms with E-state index in [1.54, 1.807) is 6.07 Å². The van der Waals surface area contributed by atoms with Crippen molar-refractivity contribution in [3.63, 3.8) is 0 Å². The minimum atomic E-state index is -0.989. The highest BCUT2D eigenvalue weighted by Crippen LogP contribution is 2.12. The number of aromatic nitrogens is 1. The molecule has 1 aromatic heterocycles. The number of carboxylic acids is 1. The Hall–Kier alpha value is -1.16. The third-order valence-electron chi connectivity index (χ3n) is 1.78. The highest BCUT2D eigenvalue weighted by atomic mass is 32.1. The molecule has 0 bridgehead atoms. The van der Waals surface area contributed by atoms with E-state index in [1.165, 1.54) is 6.07 Å². The van der Waals surface area contributed by atoms with Gasteiger partial charge < -0.3 is 10.1 Å². The lowest BCUT2D eigenvalue weighted by Gasteiger charge is -2.05. The van der Waals surface area contributed by atoms with Gasteiger partial charge in [0.1, 0.15) is 4.64 Å². The zero-order valence-corrected chi connectivity index (χ0v) is 8.31. The summed E-state index contributed by atoms with van der Waals surface area (Å²) in [5.41, 5.74) is 1.11. The van der Waals surface area contributed by atoms with Crippen LogP contribution in [0.3, 0.4) is 0 Å². The van der Waals surface area contributed by atoms with Gasteiger partial charge in [-0.15, -0.1) is 0 Å². The molecule has 0 unspecified atom stereocenters. The van der Waals surface area contributed by atoms with E-state index < -0.39 is 5.97 Å². The predicted molar refractivity (Wildman–Crippen MR) is 52.7 cm³/mol. The SMILES string of the molecule is CC(C)c1ccc(C(=O)O)c(=S)[nH]1. The van der Waals surface area contributed by atoms with Crippen LogP contribution in [0.5, 0.6) is 0 Å². The average Bonchev–Trinajstić information content (AvgIpc) is 2.03. The third-order valence-corrected chi connectivity index (χ3v) is 2.11. The summed E-state index contributed by atoms with van der Waals surface area (Å²) in [5.74, 6) is -0.666. The predicted octanol–water partition coefficient (Wildman–Crippen LogP) is 2.57. The van der Waals surface area contributed by atoms with E-state index in [0.29, 0.717) is 10.6 Å². The molecular formula is C9H11NO2S. The Morgan fingerprint density at radius 2 is 2.15 bits per heavy atom. The highest BCUT2D eigenvalue weighted by Gasteiger charge is 2.06. The van der Waals surface area contributed by atoms with Crippen LogP contribution in [0.4, 0.5) is 0 Å². The maximum absolute atomic E-state index is 10.6. The van der Waals surface area contributed by atoms with Crippen molar-refractivity contribution in [1.82, 2.24) is 4.98 Å². The first kappa shape index (κ1) is 9.92. The minimum Gasteiger partial charge on any atom is -0.478 e. The number of aromatic amines is 1. The Kier molecular flexibility index (Phi) is 2.83. The molecule has 13 heavy (non-hydrogen) atoms. The number of nitrogens with one attached hydrogen (secondary N) is 1. The maximum atomic E-state index is 10.6. The number of hydrogen-bond donors (Lipinski definition) is 2. The van der Waals surface area contributed by atoms with Crippen LogP contribution >= 0.6 is 12.2 Å². The number of carboxylic acid groups (broad SMARTS) is 1. The van der Waals surface area contributed by atoms with Gasteiger partial charge >= 0.3 is 5.97 Å². The highest BCUT2D eigenvalue weighted by molar-refractivity contribution is 7.71. The van der Waals surface area contributed by atoms with Crippen molar-refractivity contribution in [3.8, 4) is 0 Å². The van der Waals surface area contributed by atoms with Gasteiger partial charge in [0.05, 0.1) is 5.56 Å². The van der Waals surface area contributed by atoms with Gasteiger partial charge in [0.2, 0.25) is 0 Å². The number of H-pyrrole nitrogens is 1. The smallest absolute Gasteiger partial charge is 0.338 e. The molecule has 0 radical (unpaired) electrons. The minimum absolute atomic E-state index is 0.152. The Morgan fingerprint density at radius 3 is 2.54 bits per heavy atom. The summed E-state index contributed by atoms with van der Waals surface area (Å²) < 4.78 is 0.290. The van der Waals surface area contributed by atoms with Gasteiger partial charge in [-0.1, -0.05) is 26.1 Å². The number of aromatic carboxylic acids is 1. The Labute approximate surface area is 81.4 Å². The molecule has 0 saturated heterocycles. The number of hydrogen-bond acceptors (Lipinski definition) is 2. The van der Waals surface area contributed by atoms with E-state index in [9.17, 15) is 4.79 Å². The molecule has 2 N–H and O–H groups in total. The molecule has 0 aliphatic carbocycles. The molecule has 0 atom stereocenters. The molecule has 1 aromatic rings. The molecule has 3 nitrogen and oxygen atoms in total. The van der Waals surface area contributed by atoms with Crippen molar-refractivity contribution < 1.29 is 9.90 Å². The van der Waals surface area contributed by atoms with Gasteiger partial charge in [-0.2, -0.15) is 0 Å². The summed E-state index contributed by atoms with van der Waals surface area (Å²) in [6, 6.07) is 3.29. The van der Waals surface area contributed by atoms with Crippen molar-refractivity contribution in [2.45, 2.75) is 19.8 Å². The largest absolute Gasteiger partial charge is 0.478 e. The first-order chi connectivity index (χ1) is 6.02. The molecule has 0 fully saturated rings. The molecule has 0 saturated carbocycles. The van der Waals surface area contributed by atoms with E-state index >= 15 is 0 Å². The van der Waals surface area contributed by atoms with Crippen LogP contribution in [0, 0.1) is 4.64 Å². The Balaban J connectivity index is 3.21. The number of rotatable bonds is 2. The molecule has 0 aromatic carbocycles. The van der Waals surface area contributed by atoms with Crippen LogP contribution < -0.4 is 0 Å². The van der Waals surface area contributed by atoms with E-state index in [2.05, 4.69) is 4.98 Å². The quantitative estimate of drug-likeness (QED) is 0.716. The van der Waals surface area contributed by atoms with Crippen molar-refractivity contribution >= 4 is 18.2 Å². The van der Waals surface area contributed by atoms with Crippen LogP contribution in [0.1, 0.15) is 35.8 Å². The molecule has 1 heterocycles. The van der Waals surface area contributed by atoms with Crippen molar-refractivity contribution in [2.24, 2.45) is 0 Å². The normalized spacial score (nSPS) is 10.4. The molecule has 0 aliphatic rings. The van der Waals surface area contributed by atoms with Gasteiger partial charge in [-0.05, 0) is 18.1 Å². The lowest BCUT2D eigenvalue weighted by molar-refractivity contribution is 0.0695. The lowest BCUT2D eigenvalue weighted by Crippen LogP contribution is -2.01. The number of pyridine rings is 1. The van der Waals surface area contributed by atoms with E-state index in [1.807, 2.05) is 13.8 Å². The summed E-state index contributed by atoms with van der Waals surface area (Å²) in [6.07, 6.45) is 0. The molecule has 0 amide bonds. The number of carbonyl (C=O) groups is 1. The fraction of sp³-hybridized carbons (Fsp3) is 0.333. The Morgan fingerprint density at radius 1 is 1.54 bits per heavy atom. The molecule has 4 heteroatoms.